The number of aryl methyl sites for hydroxylation is 1. The number of carbonyl (C=O) groups excluding carboxylic acids is 1. The number of halogens is 1. The molecule has 1 N–H and O–H groups in total. The van der Waals surface area contributed by atoms with Gasteiger partial charge in [-0.1, -0.05) is 29.8 Å². The van der Waals surface area contributed by atoms with E-state index in [1.807, 2.05) is 48.9 Å². The monoisotopic (exact) mass is 435 g/mol. The predicted molar refractivity (Wildman–Crippen MR) is 119 cm³/mol. The molecule has 2 aromatic heterocycles. The Morgan fingerprint density at radius 1 is 1.06 bits per heavy atom. The number of nitrogens with one attached hydrogen (secondary N) is 1. The summed E-state index contributed by atoms with van der Waals surface area (Å²) in [5, 5.41) is 12.4. The lowest BCUT2D eigenvalue weighted by molar-refractivity contribution is 0.0929. The van der Waals surface area contributed by atoms with E-state index in [0.717, 1.165) is 22.6 Å². The second kappa shape index (κ2) is 9.06. The van der Waals surface area contributed by atoms with Gasteiger partial charge in [-0.15, -0.1) is 0 Å². The van der Waals surface area contributed by atoms with E-state index in [1.54, 1.807) is 36.5 Å². The molecule has 0 radical (unpaired) electrons. The molecule has 0 saturated carbocycles. The van der Waals surface area contributed by atoms with Crippen molar-refractivity contribution in [3.8, 4) is 11.4 Å². The largest absolute Gasteiger partial charge is 0.471 e. The first-order chi connectivity index (χ1) is 15.0. The Hall–Kier alpha value is -3.58. The van der Waals surface area contributed by atoms with E-state index < -0.39 is 0 Å². The minimum atomic E-state index is -0.233. The van der Waals surface area contributed by atoms with Crippen LogP contribution < -0.4 is 10.1 Å². The molecule has 31 heavy (non-hydrogen) atoms. The average Bonchev–Trinajstić information content (AvgIpc) is 3.36. The third-order valence-corrected chi connectivity index (χ3v) is 5.24. The SMILES string of the molecule is Cc1nn(-c2ccccc2)c(C)c1CNC(=O)c1ccnn1COc1ccc(Cl)cc1. The van der Waals surface area contributed by atoms with E-state index in [2.05, 4.69) is 15.5 Å². The summed E-state index contributed by atoms with van der Waals surface area (Å²) in [5.41, 5.74) is 4.25. The predicted octanol–water partition coefficient (Wildman–Crippen LogP) is 4.31. The molecule has 0 atom stereocenters. The number of amides is 1. The van der Waals surface area contributed by atoms with Crippen LogP contribution in [0.4, 0.5) is 0 Å². The Labute approximate surface area is 185 Å². The van der Waals surface area contributed by atoms with Gasteiger partial charge in [-0.2, -0.15) is 10.2 Å². The summed E-state index contributed by atoms with van der Waals surface area (Å²) in [6, 6.07) is 18.6. The van der Waals surface area contributed by atoms with Crippen LogP contribution in [0.3, 0.4) is 0 Å². The Morgan fingerprint density at radius 3 is 2.55 bits per heavy atom. The van der Waals surface area contributed by atoms with E-state index >= 15 is 0 Å². The van der Waals surface area contributed by atoms with Crippen molar-refractivity contribution in [3.63, 3.8) is 0 Å². The van der Waals surface area contributed by atoms with Gasteiger partial charge in [-0.05, 0) is 56.3 Å². The van der Waals surface area contributed by atoms with Gasteiger partial charge < -0.3 is 10.1 Å². The Kier molecular flexibility index (Phi) is 6.04. The molecule has 0 aliphatic heterocycles. The minimum absolute atomic E-state index is 0.112. The number of para-hydroxylation sites is 1. The summed E-state index contributed by atoms with van der Waals surface area (Å²) < 4.78 is 9.10. The van der Waals surface area contributed by atoms with Crippen LogP contribution in [0, 0.1) is 13.8 Å². The van der Waals surface area contributed by atoms with Crippen molar-refractivity contribution in [3.05, 3.63) is 94.5 Å². The van der Waals surface area contributed by atoms with Gasteiger partial charge in [0.25, 0.3) is 5.91 Å². The van der Waals surface area contributed by atoms with Gasteiger partial charge in [0, 0.05) is 29.0 Å². The first-order valence-corrected chi connectivity index (χ1v) is 10.2. The molecule has 0 unspecified atom stereocenters. The fourth-order valence-corrected chi connectivity index (χ4v) is 3.43. The van der Waals surface area contributed by atoms with Crippen LogP contribution in [-0.4, -0.2) is 25.5 Å². The van der Waals surface area contributed by atoms with Gasteiger partial charge in [0.05, 0.1) is 11.4 Å². The van der Waals surface area contributed by atoms with Gasteiger partial charge in [0.1, 0.15) is 11.4 Å². The minimum Gasteiger partial charge on any atom is -0.471 e. The highest BCUT2D eigenvalue weighted by molar-refractivity contribution is 6.30. The first-order valence-electron chi connectivity index (χ1n) is 9.82. The molecule has 1 amide bonds. The zero-order chi connectivity index (χ0) is 21.8. The quantitative estimate of drug-likeness (QED) is 0.469. The van der Waals surface area contributed by atoms with E-state index in [0.29, 0.717) is 23.0 Å². The van der Waals surface area contributed by atoms with Crippen LogP contribution in [0.2, 0.25) is 5.02 Å². The summed E-state index contributed by atoms with van der Waals surface area (Å²) in [6.45, 7) is 4.42. The summed E-state index contributed by atoms with van der Waals surface area (Å²) >= 11 is 5.89. The molecule has 2 heterocycles. The number of aromatic nitrogens is 4. The second-order valence-electron chi connectivity index (χ2n) is 7.02. The van der Waals surface area contributed by atoms with Crippen molar-refractivity contribution in [2.45, 2.75) is 27.1 Å². The molecular weight excluding hydrogens is 414 g/mol. The standard InChI is InChI=1S/C23H22ClN5O2/c1-16-21(17(2)29(27-16)19-6-4-3-5-7-19)14-25-23(30)22-12-13-26-28(22)15-31-20-10-8-18(24)9-11-20/h3-13H,14-15H2,1-2H3,(H,25,30). The lowest BCUT2D eigenvalue weighted by Gasteiger charge is -2.10. The molecule has 2 aromatic carbocycles. The third kappa shape index (κ3) is 4.62. The number of hydrogen-bond acceptors (Lipinski definition) is 4. The van der Waals surface area contributed by atoms with Crippen molar-refractivity contribution in [1.29, 1.82) is 0 Å². The maximum absolute atomic E-state index is 12.8. The van der Waals surface area contributed by atoms with Crippen molar-refractivity contribution < 1.29 is 9.53 Å². The molecule has 0 fully saturated rings. The van der Waals surface area contributed by atoms with Crippen LogP contribution >= 0.6 is 11.6 Å². The topological polar surface area (TPSA) is 74.0 Å². The molecule has 0 bridgehead atoms. The third-order valence-electron chi connectivity index (χ3n) is 4.98. The second-order valence-corrected chi connectivity index (χ2v) is 7.46. The summed E-state index contributed by atoms with van der Waals surface area (Å²) in [7, 11) is 0. The molecule has 0 spiro atoms. The number of rotatable bonds is 7. The molecule has 7 nitrogen and oxygen atoms in total. The highest BCUT2D eigenvalue weighted by Gasteiger charge is 2.16. The lowest BCUT2D eigenvalue weighted by atomic mass is 10.2. The summed E-state index contributed by atoms with van der Waals surface area (Å²) in [4.78, 5) is 12.8. The fourth-order valence-electron chi connectivity index (χ4n) is 3.31. The molecule has 0 aliphatic carbocycles. The van der Waals surface area contributed by atoms with Gasteiger partial charge >= 0.3 is 0 Å². The van der Waals surface area contributed by atoms with Gasteiger partial charge in [0.15, 0.2) is 6.73 Å². The van der Waals surface area contributed by atoms with Crippen molar-refractivity contribution in [2.75, 3.05) is 0 Å². The van der Waals surface area contributed by atoms with Gasteiger partial charge in [-0.25, -0.2) is 9.36 Å². The van der Waals surface area contributed by atoms with E-state index in [1.165, 1.54) is 4.68 Å². The molecule has 8 heteroatoms. The lowest BCUT2D eigenvalue weighted by Crippen LogP contribution is -2.27. The highest BCUT2D eigenvalue weighted by Crippen LogP contribution is 2.18. The smallest absolute Gasteiger partial charge is 0.269 e. The van der Waals surface area contributed by atoms with Crippen LogP contribution in [0.1, 0.15) is 27.4 Å². The summed E-state index contributed by atoms with van der Waals surface area (Å²) in [6.07, 6.45) is 1.57. The van der Waals surface area contributed by atoms with E-state index in [4.69, 9.17) is 16.3 Å². The molecule has 0 saturated heterocycles. The van der Waals surface area contributed by atoms with Crippen molar-refractivity contribution in [2.24, 2.45) is 0 Å². The number of hydrogen-bond donors (Lipinski definition) is 1. The average molecular weight is 436 g/mol. The van der Waals surface area contributed by atoms with Crippen LogP contribution in [-0.2, 0) is 13.3 Å². The number of ether oxygens (including phenoxy) is 1. The molecule has 4 rings (SSSR count). The summed E-state index contributed by atoms with van der Waals surface area (Å²) in [5.74, 6) is 0.411. The fraction of sp³-hybridized carbons (Fsp3) is 0.174. The maximum atomic E-state index is 12.8. The zero-order valence-corrected chi connectivity index (χ0v) is 18.0. The number of benzene rings is 2. The van der Waals surface area contributed by atoms with Crippen LogP contribution in [0.25, 0.3) is 5.69 Å². The highest BCUT2D eigenvalue weighted by atomic mass is 35.5. The number of nitrogens with zero attached hydrogens (tertiary/aromatic N) is 4. The van der Waals surface area contributed by atoms with Crippen LogP contribution in [0.15, 0.2) is 66.9 Å². The van der Waals surface area contributed by atoms with Crippen LogP contribution in [0.5, 0.6) is 5.75 Å². The molecule has 158 valence electrons. The Morgan fingerprint density at radius 2 is 1.81 bits per heavy atom. The maximum Gasteiger partial charge on any atom is 0.269 e. The Balaban J connectivity index is 1.43. The van der Waals surface area contributed by atoms with Gasteiger partial charge in [0.2, 0.25) is 0 Å². The van der Waals surface area contributed by atoms with Gasteiger partial charge in [-0.3, -0.25) is 4.79 Å². The number of carbonyl (C=O) groups is 1. The molecular formula is C23H22ClN5O2. The first kappa shape index (κ1) is 20.7. The Bertz CT molecular complexity index is 1180. The van der Waals surface area contributed by atoms with E-state index in [-0.39, 0.29) is 12.6 Å². The molecule has 0 aliphatic rings. The van der Waals surface area contributed by atoms with E-state index in [9.17, 15) is 4.79 Å². The normalized spacial score (nSPS) is 10.8. The molecule has 4 aromatic rings. The van der Waals surface area contributed by atoms with Crippen molar-refractivity contribution >= 4 is 17.5 Å². The van der Waals surface area contributed by atoms with Crippen molar-refractivity contribution in [1.82, 2.24) is 24.9 Å². The zero-order valence-electron chi connectivity index (χ0n) is 17.2.